The molecule has 0 saturated heterocycles. The van der Waals surface area contributed by atoms with Crippen molar-refractivity contribution in [1.82, 2.24) is 29.3 Å². The quantitative estimate of drug-likeness (QED) is 0.467. The number of benzene rings is 1. The molecule has 4 rings (SSSR count). The van der Waals surface area contributed by atoms with Crippen LogP contribution in [0.25, 0.3) is 28.1 Å². The molecular weight excluding hydrogens is 391 g/mol. The Morgan fingerprint density at radius 1 is 1.43 bits per heavy atom. The number of imidazole rings is 1. The highest BCUT2D eigenvalue weighted by Crippen LogP contribution is 2.41. The highest BCUT2D eigenvalue weighted by Gasteiger charge is 2.27. The Labute approximate surface area is 163 Å². The molecule has 9 nitrogen and oxygen atoms in total. The first-order chi connectivity index (χ1) is 13.5. The molecule has 0 aliphatic rings. The second-order valence-electron chi connectivity index (χ2n) is 6.07. The molecule has 11 heteroatoms. The summed E-state index contributed by atoms with van der Waals surface area (Å²) in [5.41, 5.74) is 1.26. The third-order valence-electron chi connectivity index (χ3n) is 4.48. The van der Waals surface area contributed by atoms with Gasteiger partial charge in [-0.1, -0.05) is 11.6 Å². The fraction of sp³-hybridized carbons (Fsp3) is 0.235. The van der Waals surface area contributed by atoms with Gasteiger partial charge in [0.05, 0.1) is 31.2 Å². The highest BCUT2D eigenvalue weighted by atomic mass is 35.5. The van der Waals surface area contributed by atoms with Crippen molar-refractivity contribution in [2.75, 3.05) is 13.7 Å². The first kappa shape index (κ1) is 18.4. The Kier molecular flexibility index (Phi) is 4.53. The van der Waals surface area contributed by atoms with Crippen LogP contribution in [0.5, 0.6) is 5.75 Å². The van der Waals surface area contributed by atoms with E-state index in [-0.39, 0.29) is 27.9 Å². The number of nitrogens with one attached hydrogen (secondary N) is 1. The number of aromatic amines is 1. The van der Waals surface area contributed by atoms with Crippen LogP contribution in [0, 0.1) is 5.82 Å². The maximum Gasteiger partial charge on any atom is 0.200 e. The van der Waals surface area contributed by atoms with Crippen LogP contribution in [0.3, 0.4) is 0 Å². The molecule has 4 aromatic rings. The first-order valence-electron chi connectivity index (χ1n) is 8.22. The van der Waals surface area contributed by atoms with E-state index in [2.05, 4.69) is 20.2 Å². The monoisotopic (exact) mass is 406 g/mol. The number of H-pyrrole nitrogens is 1. The lowest BCUT2D eigenvalue weighted by atomic mass is 10.2. The Bertz CT molecular complexity index is 1150. The van der Waals surface area contributed by atoms with Crippen molar-refractivity contribution in [3.8, 4) is 23.0 Å². The summed E-state index contributed by atoms with van der Waals surface area (Å²) in [5.74, 6) is -0.149. The Balaban J connectivity index is 2.08. The van der Waals surface area contributed by atoms with Crippen molar-refractivity contribution in [3.05, 3.63) is 41.5 Å². The fourth-order valence-corrected chi connectivity index (χ4v) is 3.39. The van der Waals surface area contributed by atoms with Gasteiger partial charge in [0.2, 0.25) is 0 Å². The van der Waals surface area contributed by atoms with Gasteiger partial charge in [-0.2, -0.15) is 5.10 Å². The zero-order chi connectivity index (χ0) is 20.0. The molecule has 0 saturated carbocycles. The molecule has 0 spiro atoms. The van der Waals surface area contributed by atoms with E-state index in [4.69, 9.17) is 21.4 Å². The molecule has 0 amide bonds. The van der Waals surface area contributed by atoms with Gasteiger partial charge in [-0.05, 0) is 6.07 Å². The number of aryl methyl sites for hydroxylation is 1. The Morgan fingerprint density at radius 2 is 2.21 bits per heavy atom. The second kappa shape index (κ2) is 6.89. The number of nitrogens with zero attached hydrogens (tertiary/aromatic N) is 5. The summed E-state index contributed by atoms with van der Waals surface area (Å²) in [7, 11) is 3.06. The van der Waals surface area contributed by atoms with E-state index in [1.165, 1.54) is 7.11 Å². The summed E-state index contributed by atoms with van der Waals surface area (Å²) in [5, 5.41) is 26.0. The van der Waals surface area contributed by atoms with E-state index in [1.54, 1.807) is 41.0 Å². The van der Waals surface area contributed by atoms with Gasteiger partial charge in [0.25, 0.3) is 0 Å². The van der Waals surface area contributed by atoms with E-state index in [9.17, 15) is 5.11 Å². The largest absolute Gasteiger partial charge is 0.495 e. The lowest BCUT2D eigenvalue weighted by Gasteiger charge is -2.07. The van der Waals surface area contributed by atoms with Crippen LogP contribution in [0.4, 0.5) is 4.39 Å². The normalized spacial score (nSPS) is 12.6. The van der Waals surface area contributed by atoms with Crippen molar-refractivity contribution in [2.45, 2.75) is 6.10 Å². The van der Waals surface area contributed by atoms with Crippen LogP contribution in [-0.4, -0.2) is 53.2 Å². The number of ether oxygens (including phenoxy) is 1. The predicted molar refractivity (Wildman–Crippen MR) is 99.0 cm³/mol. The number of methoxy groups -OCH3 is 1. The Hall–Kier alpha value is -2.95. The molecule has 3 aromatic heterocycles. The van der Waals surface area contributed by atoms with Gasteiger partial charge < -0.3 is 24.1 Å². The first-order valence-corrected chi connectivity index (χ1v) is 8.60. The average Bonchev–Trinajstić information content (AvgIpc) is 3.42. The summed E-state index contributed by atoms with van der Waals surface area (Å²) >= 11 is 6.11. The van der Waals surface area contributed by atoms with E-state index in [1.807, 2.05) is 0 Å². The number of aliphatic hydroxyl groups excluding tert-OH is 2. The lowest BCUT2D eigenvalue weighted by Crippen LogP contribution is -2.04. The number of aromatic nitrogens is 6. The SMILES string of the molecule is COc1cc2c(-n3ccnc3)c(-c3n[nH]c([C@@H](O)CO)n3)n(C)c2c(F)c1Cl. The molecule has 0 aliphatic heterocycles. The van der Waals surface area contributed by atoms with E-state index in [0.717, 1.165) is 0 Å². The van der Waals surface area contributed by atoms with Crippen LogP contribution < -0.4 is 4.74 Å². The second-order valence-corrected chi connectivity index (χ2v) is 6.45. The van der Waals surface area contributed by atoms with Crippen LogP contribution in [0.15, 0.2) is 24.8 Å². The number of hydrogen-bond acceptors (Lipinski definition) is 6. The highest BCUT2D eigenvalue weighted by molar-refractivity contribution is 6.33. The molecule has 0 fully saturated rings. The van der Waals surface area contributed by atoms with E-state index < -0.39 is 18.5 Å². The van der Waals surface area contributed by atoms with Gasteiger partial charge in [0.15, 0.2) is 17.5 Å². The molecule has 3 heterocycles. The minimum absolute atomic E-state index is 0.0930. The summed E-state index contributed by atoms with van der Waals surface area (Å²) in [6, 6.07) is 1.63. The number of fused-ring (bicyclic) bond motifs is 1. The summed E-state index contributed by atoms with van der Waals surface area (Å²) in [4.78, 5) is 8.31. The van der Waals surface area contributed by atoms with Crippen molar-refractivity contribution in [2.24, 2.45) is 7.05 Å². The van der Waals surface area contributed by atoms with Crippen molar-refractivity contribution < 1.29 is 19.3 Å². The molecule has 0 bridgehead atoms. The molecule has 0 radical (unpaired) electrons. The van der Waals surface area contributed by atoms with Crippen molar-refractivity contribution in [3.63, 3.8) is 0 Å². The topological polar surface area (TPSA) is 114 Å². The molecule has 1 atom stereocenters. The van der Waals surface area contributed by atoms with Crippen LogP contribution >= 0.6 is 11.6 Å². The van der Waals surface area contributed by atoms with E-state index >= 15 is 4.39 Å². The van der Waals surface area contributed by atoms with Gasteiger partial charge in [-0.15, -0.1) is 0 Å². The summed E-state index contributed by atoms with van der Waals surface area (Å²) in [6.07, 6.45) is 3.64. The lowest BCUT2D eigenvalue weighted by molar-refractivity contribution is 0.0889. The van der Waals surface area contributed by atoms with Gasteiger partial charge in [-0.3, -0.25) is 5.10 Å². The minimum atomic E-state index is -1.21. The molecule has 146 valence electrons. The zero-order valence-corrected chi connectivity index (χ0v) is 15.6. The van der Waals surface area contributed by atoms with Crippen LogP contribution in [0.2, 0.25) is 5.02 Å². The number of halogens is 2. The number of rotatable bonds is 5. The van der Waals surface area contributed by atoms with Gasteiger partial charge in [0, 0.05) is 24.8 Å². The van der Waals surface area contributed by atoms with Crippen molar-refractivity contribution >= 4 is 22.5 Å². The number of aliphatic hydroxyl groups is 2. The maximum absolute atomic E-state index is 15.1. The van der Waals surface area contributed by atoms with Crippen LogP contribution in [0.1, 0.15) is 11.9 Å². The molecule has 28 heavy (non-hydrogen) atoms. The molecule has 3 N–H and O–H groups in total. The smallest absolute Gasteiger partial charge is 0.200 e. The molecule has 0 unspecified atom stereocenters. The molecule has 1 aromatic carbocycles. The summed E-state index contributed by atoms with van der Waals surface area (Å²) in [6.45, 7) is -0.514. The fourth-order valence-electron chi connectivity index (χ4n) is 3.17. The third kappa shape index (κ3) is 2.65. The molecule has 0 aliphatic carbocycles. The maximum atomic E-state index is 15.1. The number of hydrogen-bond donors (Lipinski definition) is 3. The predicted octanol–water partition coefficient (Wildman–Crippen LogP) is 1.98. The molecular formula is C17H16ClFN6O3. The zero-order valence-electron chi connectivity index (χ0n) is 14.9. The Morgan fingerprint density at radius 3 is 2.86 bits per heavy atom. The van der Waals surface area contributed by atoms with Crippen molar-refractivity contribution in [1.29, 1.82) is 0 Å². The minimum Gasteiger partial charge on any atom is -0.495 e. The standard InChI is InChI=1S/C17H16ClFN6O3/c1-24-13-8(5-10(28-2)11(18)12(13)19)14(25-4-3-20-7-25)15(24)17-21-16(22-23-17)9(27)6-26/h3-5,7,9,26-27H,6H2,1-2H3,(H,21,22,23)/t9-/m0/s1. The average molecular weight is 407 g/mol. The third-order valence-corrected chi connectivity index (χ3v) is 4.84. The van der Waals surface area contributed by atoms with Gasteiger partial charge in [0.1, 0.15) is 22.6 Å². The van der Waals surface area contributed by atoms with Gasteiger partial charge in [-0.25, -0.2) is 14.4 Å². The van der Waals surface area contributed by atoms with Crippen LogP contribution in [-0.2, 0) is 7.05 Å². The summed E-state index contributed by atoms with van der Waals surface area (Å²) < 4.78 is 23.5. The van der Waals surface area contributed by atoms with Gasteiger partial charge >= 0.3 is 0 Å². The van der Waals surface area contributed by atoms with E-state index in [0.29, 0.717) is 16.8 Å².